The Kier molecular flexibility index (Phi) is 8.76. The number of hydrogen-bond donors (Lipinski definition) is 3. The molecule has 0 saturated heterocycles. The molecule has 132 valence electrons. The highest BCUT2D eigenvalue weighted by Gasteiger charge is 2.19. The van der Waals surface area contributed by atoms with Crippen LogP contribution in [0.3, 0.4) is 0 Å². The van der Waals surface area contributed by atoms with Gasteiger partial charge in [-0.25, -0.2) is 13.1 Å². The molecule has 1 rings (SSSR count). The van der Waals surface area contributed by atoms with Crippen molar-refractivity contribution in [3.05, 3.63) is 24.3 Å². The Balaban J connectivity index is 0.00000484. The first kappa shape index (κ1) is 21.9. The third kappa shape index (κ3) is 6.47. The average molecular weight is 364 g/mol. The summed E-state index contributed by atoms with van der Waals surface area (Å²) >= 11 is 0. The van der Waals surface area contributed by atoms with Gasteiger partial charge in [0.15, 0.2) is 0 Å². The first-order valence-corrected chi connectivity index (χ1v) is 8.84. The maximum atomic E-state index is 12.2. The highest BCUT2D eigenvalue weighted by Crippen LogP contribution is 2.17. The van der Waals surface area contributed by atoms with Gasteiger partial charge in [0.1, 0.15) is 0 Å². The molecule has 0 saturated carbocycles. The number of anilines is 1. The molecular formula is C15H26ClN3O3S. The van der Waals surface area contributed by atoms with Crippen molar-refractivity contribution in [2.45, 2.75) is 51.1 Å². The van der Waals surface area contributed by atoms with Crippen molar-refractivity contribution in [3.8, 4) is 0 Å². The van der Waals surface area contributed by atoms with Gasteiger partial charge in [-0.05, 0) is 38.5 Å². The quantitative estimate of drug-likeness (QED) is 0.690. The van der Waals surface area contributed by atoms with E-state index in [4.69, 9.17) is 5.73 Å². The summed E-state index contributed by atoms with van der Waals surface area (Å²) in [5.74, 6) is -0.599. The number of halogens is 1. The van der Waals surface area contributed by atoms with Gasteiger partial charge >= 0.3 is 0 Å². The van der Waals surface area contributed by atoms with Gasteiger partial charge in [-0.3, -0.25) is 4.79 Å². The molecule has 23 heavy (non-hydrogen) atoms. The normalized spacial score (nSPS) is 15.2. The van der Waals surface area contributed by atoms with Crippen LogP contribution in [0, 0.1) is 5.92 Å². The highest BCUT2D eigenvalue weighted by molar-refractivity contribution is 7.89. The second-order valence-electron chi connectivity index (χ2n) is 5.60. The van der Waals surface area contributed by atoms with Gasteiger partial charge in [0.2, 0.25) is 15.9 Å². The monoisotopic (exact) mass is 363 g/mol. The van der Waals surface area contributed by atoms with Gasteiger partial charge in [-0.1, -0.05) is 19.9 Å². The molecular weight excluding hydrogens is 338 g/mol. The Labute approximate surface area is 144 Å². The van der Waals surface area contributed by atoms with Crippen LogP contribution in [0.5, 0.6) is 0 Å². The van der Waals surface area contributed by atoms with Crippen LogP contribution < -0.4 is 15.8 Å². The smallest absolute Gasteiger partial charge is 0.240 e. The van der Waals surface area contributed by atoms with Crippen LogP contribution in [-0.2, 0) is 14.8 Å². The summed E-state index contributed by atoms with van der Waals surface area (Å²) in [6.07, 6.45) is 0.696. The summed E-state index contributed by atoms with van der Waals surface area (Å²) in [7, 11) is -3.59. The zero-order valence-corrected chi connectivity index (χ0v) is 15.5. The summed E-state index contributed by atoms with van der Waals surface area (Å²) in [6, 6.07) is 5.75. The van der Waals surface area contributed by atoms with Crippen LogP contribution >= 0.6 is 12.4 Å². The summed E-state index contributed by atoms with van der Waals surface area (Å²) < 4.78 is 27.1. The van der Waals surface area contributed by atoms with E-state index in [0.717, 1.165) is 0 Å². The number of benzene rings is 1. The molecule has 0 aliphatic rings. The largest absolute Gasteiger partial charge is 0.327 e. The number of sulfonamides is 1. The van der Waals surface area contributed by atoms with E-state index in [2.05, 4.69) is 10.0 Å². The Morgan fingerprint density at radius 2 is 1.87 bits per heavy atom. The Morgan fingerprint density at radius 1 is 1.26 bits per heavy atom. The standard InChI is InChI=1S/C15H25N3O3S.ClH/c1-5-10(2)18-22(20,21)14-8-6-7-13(9-14)17-15(19)11(3)12(4)16;/h6-12,18H,5,16H2,1-4H3,(H,17,19);1H. The maximum Gasteiger partial charge on any atom is 0.240 e. The van der Waals surface area contributed by atoms with Crippen molar-refractivity contribution < 1.29 is 13.2 Å². The minimum atomic E-state index is -3.59. The lowest BCUT2D eigenvalue weighted by atomic mass is 10.0. The number of rotatable bonds is 7. The second kappa shape index (κ2) is 9.22. The zero-order valence-electron chi connectivity index (χ0n) is 13.9. The Morgan fingerprint density at radius 3 is 2.39 bits per heavy atom. The lowest BCUT2D eigenvalue weighted by molar-refractivity contribution is -0.119. The molecule has 0 aromatic heterocycles. The van der Waals surface area contributed by atoms with Crippen molar-refractivity contribution in [1.82, 2.24) is 4.72 Å². The van der Waals surface area contributed by atoms with Crippen molar-refractivity contribution in [1.29, 1.82) is 0 Å². The van der Waals surface area contributed by atoms with Gasteiger partial charge in [0.25, 0.3) is 0 Å². The van der Waals surface area contributed by atoms with E-state index < -0.39 is 10.0 Å². The molecule has 6 nitrogen and oxygen atoms in total. The van der Waals surface area contributed by atoms with E-state index in [9.17, 15) is 13.2 Å². The van der Waals surface area contributed by atoms with Gasteiger partial charge < -0.3 is 11.1 Å². The summed E-state index contributed by atoms with van der Waals surface area (Å²) in [5, 5.41) is 2.69. The highest BCUT2D eigenvalue weighted by atomic mass is 35.5. The van der Waals surface area contributed by atoms with Crippen molar-refractivity contribution in [2.24, 2.45) is 11.7 Å². The van der Waals surface area contributed by atoms with E-state index in [1.807, 2.05) is 6.92 Å². The predicted octanol–water partition coefficient (Wildman–Crippen LogP) is 2.11. The lowest BCUT2D eigenvalue weighted by Gasteiger charge is -2.16. The third-order valence-corrected chi connectivity index (χ3v) is 5.17. The van der Waals surface area contributed by atoms with E-state index in [0.29, 0.717) is 12.1 Å². The number of hydrogen-bond acceptors (Lipinski definition) is 4. The lowest BCUT2D eigenvalue weighted by Crippen LogP contribution is -2.34. The first-order chi connectivity index (χ1) is 10.2. The summed E-state index contributed by atoms with van der Waals surface area (Å²) in [5.41, 5.74) is 6.13. The topological polar surface area (TPSA) is 101 Å². The fraction of sp³-hybridized carbons (Fsp3) is 0.533. The molecule has 3 atom stereocenters. The molecule has 4 N–H and O–H groups in total. The Bertz CT molecular complexity index is 620. The van der Waals surface area contributed by atoms with Crippen molar-refractivity contribution in [2.75, 3.05) is 5.32 Å². The molecule has 0 spiro atoms. The second-order valence-corrected chi connectivity index (χ2v) is 7.31. The van der Waals surface area contributed by atoms with E-state index >= 15 is 0 Å². The average Bonchev–Trinajstić information content (AvgIpc) is 2.45. The number of nitrogens with two attached hydrogens (primary N) is 1. The van der Waals surface area contributed by atoms with Crippen molar-refractivity contribution in [3.63, 3.8) is 0 Å². The first-order valence-electron chi connectivity index (χ1n) is 7.36. The van der Waals surface area contributed by atoms with Gasteiger partial charge in [-0.15, -0.1) is 12.4 Å². The fourth-order valence-electron chi connectivity index (χ4n) is 1.65. The van der Waals surface area contributed by atoms with Crippen LogP contribution in [0.4, 0.5) is 5.69 Å². The van der Waals surface area contributed by atoms with E-state index in [1.54, 1.807) is 32.9 Å². The SMILES string of the molecule is CCC(C)NS(=O)(=O)c1cccc(NC(=O)C(C)C(C)N)c1.Cl. The minimum absolute atomic E-state index is 0. The van der Waals surface area contributed by atoms with E-state index in [-0.39, 0.29) is 41.2 Å². The molecule has 3 unspecified atom stereocenters. The van der Waals surface area contributed by atoms with Crippen LogP contribution in [0.2, 0.25) is 0 Å². The zero-order chi connectivity index (χ0) is 16.9. The molecule has 0 heterocycles. The fourth-order valence-corrected chi connectivity index (χ4v) is 3.02. The molecule has 0 fully saturated rings. The number of carbonyl (C=O) groups excluding carboxylic acids is 1. The number of nitrogens with one attached hydrogen (secondary N) is 2. The molecule has 0 bridgehead atoms. The molecule has 0 aliphatic carbocycles. The number of amides is 1. The maximum absolute atomic E-state index is 12.2. The molecule has 1 amide bonds. The predicted molar refractivity (Wildman–Crippen MR) is 95.2 cm³/mol. The number of carbonyl (C=O) groups is 1. The Hall–Kier alpha value is -1.15. The molecule has 0 aliphatic heterocycles. The molecule has 1 aromatic carbocycles. The van der Waals surface area contributed by atoms with Crippen LogP contribution in [-0.4, -0.2) is 26.4 Å². The third-order valence-electron chi connectivity index (χ3n) is 3.58. The van der Waals surface area contributed by atoms with E-state index in [1.165, 1.54) is 12.1 Å². The van der Waals surface area contributed by atoms with Crippen LogP contribution in [0.1, 0.15) is 34.1 Å². The van der Waals surface area contributed by atoms with Gasteiger partial charge in [-0.2, -0.15) is 0 Å². The van der Waals surface area contributed by atoms with Crippen LogP contribution in [0.15, 0.2) is 29.2 Å². The van der Waals surface area contributed by atoms with Gasteiger partial charge in [0, 0.05) is 17.8 Å². The molecule has 0 radical (unpaired) electrons. The summed E-state index contributed by atoms with van der Waals surface area (Å²) in [6.45, 7) is 7.18. The van der Waals surface area contributed by atoms with Gasteiger partial charge in [0.05, 0.1) is 10.8 Å². The molecule has 1 aromatic rings. The minimum Gasteiger partial charge on any atom is -0.327 e. The summed E-state index contributed by atoms with van der Waals surface area (Å²) in [4.78, 5) is 12.1. The molecule has 8 heteroatoms. The van der Waals surface area contributed by atoms with Crippen molar-refractivity contribution >= 4 is 34.0 Å². The van der Waals surface area contributed by atoms with Crippen LogP contribution in [0.25, 0.3) is 0 Å².